The first-order valence-corrected chi connectivity index (χ1v) is 7.87. The standard InChI is InChI=1S/C13H19N3O5S/c1-9(13(18)16(3)21-4)15-22(19,20)12-7-5-11(6-8-12)14-10(2)17/h5-9,15H,1-4H3,(H,14,17)/t9-/m1/s1. The van der Waals surface area contributed by atoms with E-state index in [1.54, 1.807) is 0 Å². The number of carbonyl (C=O) groups excluding carboxylic acids is 2. The molecule has 0 aliphatic rings. The largest absolute Gasteiger partial charge is 0.326 e. The first kappa shape index (κ1) is 18.1. The summed E-state index contributed by atoms with van der Waals surface area (Å²) in [6, 6.07) is 4.62. The summed E-state index contributed by atoms with van der Waals surface area (Å²) in [6.07, 6.45) is 0. The Morgan fingerprint density at radius 1 is 1.23 bits per heavy atom. The van der Waals surface area contributed by atoms with Crippen molar-refractivity contribution in [2.24, 2.45) is 0 Å². The number of nitrogens with one attached hydrogen (secondary N) is 2. The molecule has 0 aliphatic carbocycles. The normalized spacial score (nSPS) is 12.5. The van der Waals surface area contributed by atoms with Gasteiger partial charge in [0, 0.05) is 19.7 Å². The molecule has 1 atom stereocenters. The third-order valence-corrected chi connectivity index (χ3v) is 4.33. The number of sulfonamides is 1. The molecule has 2 N–H and O–H groups in total. The summed E-state index contributed by atoms with van der Waals surface area (Å²) in [7, 11) is -1.17. The number of benzene rings is 1. The van der Waals surface area contributed by atoms with Gasteiger partial charge in [0.2, 0.25) is 15.9 Å². The topological polar surface area (TPSA) is 105 Å². The summed E-state index contributed by atoms with van der Waals surface area (Å²) in [5.41, 5.74) is 0.481. The highest BCUT2D eigenvalue weighted by atomic mass is 32.2. The maximum Gasteiger partial charge on any atom is 0.263 e. The van der Waals surface area contributed by atoms with Gasteiger partial charge in [-0.05, 0) is 31.2 Å². The summed E-state index contributed by atoms with van der Waals surface area (Å²) in [5, 5.41) is 3.47. The molecule has 22 heavy (non-hydrogen) atoms. The van der Waals surface area contributed by atoms with Crippen molar-refractivity contribution in [3.63, 3.8) is 0 Å². The number of likely N-dealkylation sites (N-methyl/N-ethyl adjacent to an activating group) is 1. The molecule has 9 heteroatoms. The monoisotopic (exact) mass is 329 g/mol. The lowest BCUT2D eigenvalue weighted by molar-refractivity contribution is -0.170. The molecule has 0 heterocycles. The smallest absolute Gasteiger partial charge is 0.263 e. The Kier molecular flexibility index (Phi) is 6.03. The Bertz CT molecular complexity index is 642. The van der Waals surface area contributed by atoms with Crippen LogP contribution in [0.5, 0.6) is 0 Å². The Balaban J connectivity index is 2.86. The first-order chi connectivity index (χ1) is 10.2. The summed E-state index contributed by atoms with van der Waals surface area (Å²) in [5.74, 6) is -0.781. The molecule has 0 fully saturated rings. The number of hydrogen-bond donors (Lipinski definition) is 2. The number of carbonyl (C=O) groups is 2. The summed E-state index contributed by atoms with van der Waals surface area (Å²) in [6.45, 7) is 2.77. The molecule has 122 valence electrons. The van der Waals surface area contributed by atoms with E-state index in [1.807, 2.05) is 0 Å². The molecule has 1 rings (SSSR count). The number of amides is 2. The van der Waals surface area contributed by atoms with Gasteiger partial charge in [-0.15, -0.1) is 0 Å². The molecule has 2 amide bonds. The van der Waals surface area contributed by atoms with E-state index >= 15 is 0 Å². The van der Waals surface area contributed by atoms with Gasteiger partial charge in [0.15, 0.2) is 0 Å². The summed E-state index contributed by atoms with van der Waals surface area (Å²) in [4.78, 5) is 27.4. The van der Waals surface area contributed by atoms with E-state index in [9.17, 15) is 18.0 Å². The third kappa shape index (κ3) is 4.79. The molecule has 0 unspecified atom stereocenters. The zero-order valence-electron chi connectivity index (χ0n) is 12.8. The SMILES string of the molecule is CON(C)C(=O)[C@@H](C)NS(=O)(=O)c1ccc(NC(C)=O)cc1. The van der Waals surface area contributed by atoms with Crippen LogP contribution in [0.25, 0.3) is 0 Å². The van der Waals surface area contributed by atoms with Gasteiger partial charge in [0.25, 0.3) is 5.91 Å². The zero-order chi connectivity index (χ0) is 16.9. The van der Waals surface area contributed by atoms with Gasteiger partial charge in [0.1, 0.15) is 6.04 Å². The lowest BCUT2D eigenvalue weighted by Crippen LogP contribution is -2.45. The molecule has 0 saturated carbocycles. The summed E-state index contributed by atoms with van der Waals surface area (Å²) >= 11 is 0. The minimum absolute atomic E-state index is 0.0127. The van der Waals surface area contributed by atoms with Crippen molar-refractivity contribution in [1.82, 2.24) is 9.79 Å². The van der Waals surface area contributed by atoms with E-state index in [2.05, 4.69) is 10.0 Å². The van der Waals surface area contributed by atoms with Gasteiger partial charge in [-0.25, -0.2) is 13.5 Å². The van der Waals surface area contributed by atoms with Crippen molar-refractivity contribution < 1.29 is 22.8 Å². The van der Waals surface area contributed by atoms with Crippen molar-refractivity contribution in [2.45, 2.75) is 24.8 Å². The highest BCUT2D eigenvalue weighted by molar-refractivity contribution is 7.89. The van der Waals surface area contributed by atoms with Crippen LogP contribution in [0.15, 0.2) is 29.2 Å². The third-order valence-electron chi connectivity index (χ3n) is 2.77. The molecular formula is C13H19N3O5S. The van der Waals surface area contributed by atoms with Crippen molar-refractivity contribution in [3.05, 3.63) is 24.3 Å². The second-order valence-corrected chi connectivity index (χ2v) is 6.28. The van der Waals surface area contributed by atoms with Crippen LogP contribution in [0.4, 0.5) is 5.69 Å². The average molecular weight is 329 g/mol. The van der Waals surface area contributed by atoms with E-state index in [1.165, 1.54) is 52.3 Å². The predicted octanol–water partition coefficient (Wildman–Crippen LogP) is 0.332. The van der Waals surface area contributed by atoms with Crippen molar-refractivity contribution in [1.29, 1.82) is 0 Å². The van der Waals surface area contributed by atoms with E-state index < -0.39 is 22.0 Å². The molecular weight excluding hydrogens is 310 g/mol. The van der Waals surface area contributed by atoms with Crippen molar-refractivity contribution in [2.75, 3.05) is 19.5 Å². The van der Waals surface area contributed by atoms with Crippen LogP contribution in [0, 0.1) is 0 Å². The molecule has 0 saturated heterocycles. The molecule has 1 aromatic rings. The fourth-order valence-electron chi connectivity index (χ4n) is 1.63. The maximum atomic E-state index is 12.2. The Morgan fingerprint density at radius 2 is 1.77 bits per heavy atom. The molecule has 0 aromatic heterocycles. The number of rotatable bonds is 6. The molecule has 0 bridgehead atoms. The van der Waals surface area contributed by atoms with Gasteiger partial charge in [-0.2, -0.15) is 4.72 Å². The van der Waals surface area contributed by atoms with Crippen LogP contribution in [0.3, 0.4) is 0 Å². The van der Waals surface area contributed by atoms with E-state index in [-0.39, 0.29) is 10.8 Å². The zero-order valence-corrected chi connectivity index (χ0v) is 13.6. The Morgan fingerprint density at radius 3 is 2.23 bits per heavy atom. The fraction of sp³-hybridized carbons (Fsp3) is 0.385. The molecule has 0 spiro atoms. The van der Waals surface area contributed by atoms with Crippen LogP contribution >= 0.6 is 0 Å². The fourth-order valence-corrected chi connectivity index (χ4v) is 2.83. The number of anilines is 1. The average Bonchev–Trinajstić information content (AvgIpc) is 2.45. The lowest BCUT2D eigenvalue weighted by Gasteiger charge is -2.19. The summed E-state index contributed by atoms with van der Waals surface area (Å²) < 4.78 is 26.6. The molecule has 0 radical (unpaired) electrons. The van der Waals surface area contributed by atoms with E-state index in [0.717, 1.165) is 5.06 Å². The first-order valence-electron chi connectivity index (χ1n) is 6.39. The van der Waals surface area contributed by atoms with E-state index in [4.69, 9.17) is 4.84 Å². The maximum absolute atomic E-state index is 12.2. The Hall–Kier alpha value is -1.97. The quantitative estimate of drug-likeness (QED) is 0.732. The second kappa shape index (κ2) is 7.34. The van der Waals surface area contributed by atoms with Gasteiger partial charge in [0.05, 0.1) is 12.0 Å². The number of hydroxylamine groups is 2. The molecule has 0 aliphatic heterocycles. The van der Waals surface area contributed by atoms with Crippen LogP contribution < -0.4 is 10.0 Å². The molecule has 8 nitrogen and oxygen atoms in total. The van der Waals surface area contributed by atoms with Crippen molar-refractivity contribution >= 4 is 27.5 Å². The van der Waals surface area contributed by atoms with Gasteiger partial charge in [-0.3, -0.25) is 14.4 Å². The second-order valence-electron chi connectivity index (χ2n) is 4.57. The van der Waals surface area contributed by atoms with Gasteiger partial charge >= 0.3 is 0 Å². The van der Waals surface area contributed by atoms with Crippen LogP contribution in [0.1, 0.15) is 13.8 Å². The predicted molar refractivity (Wildman–Crippen MR) is 80.3 cm³/mol. The minimum Gasteiger partial charge on any atom is -0.326 e. The van der Waals surface area contributed by atoms with Crippen LogP contribution in [-0.4, -0.2) is 45.5 Å². The number of nitrogens with zero attached hydrogens (tertiary/aromatic N) is 1. The molecule has 1 aromatic carbocycles. The highest BCUT2D eigenvalue weighted by Gasteiger charge is 2.24. The van der Waals surface area contributed by atoms with Crippen LogP contribution in [-0.2, 0) is 24.4 Å². The minimum atomic E-state index is -3.86. The Labute approximate surface area is 129 Å². The van der Waals surface area contributed by atoms with Gasteiger partial charge in [-0.1, -0.05) is 0 Å². The highest BCUT2D eigenvalue weighted by Crippen LogP contribution is 2.14. The lowest BCUT2D eigenvalue weighted by atomic mass is 10.3. The van der Waals surface area contributed by atoms with Gasteiger partial charge < -0.3 is 5.32 Å². The van der Waals surface area contributed by atoms with E-state index in [0.29, 0.717) is 5.69 Å². The number of hydrogen-bond acceptors (Lipinski definition) is 5. The van der Waals surface area contributed by atoms with Crippen molar-refractivity contribution in [3.8, 4) is 0 Å². The van der Waals surface area contributed by atoms with Crippen LogP contribution in [0.2, 0.25) is 0 Å².